The van der Waals surface area contributed by atoms with Gasteiger partial charge >= 0.3 is 0 Å². The molecule has 0 fully saturated rings. The highest BCUT2D eigenvalue weighted by molar-refractivity contribution is 5.95. The molecule has 0 heterocycles. The first-order valence-corrected chi connectivity index (χ1v) is 5.74. The lowest BCUT2D eigenvalue weighted by molar-refractivity contribution is 0.773. The monoisotopic (exact) mass is 209 g/mol. The average molecular weight is 209 g/mol. The lowest BCUT2D eigenvalue weighted by Crippen LogP contribution is -2.00. The van der Waals surface area contributed by atoms with Gasteiger partial charge in [-0.1, -0.05) is 31.2 Å². The Balaban J connectivity index is 2.36. The van der Waals surface area contributed by atoms with Crippen LogP contribution in [0.5, 0.6) is 0 Å². The molecule has 0 saturated heterocycles. The lowest BCUT2D eigenvalue weighted by Gasteiger charge is -2.19. The van der Waals surface area contributed by atoms with E-state index >= 15 is 0 Å². The summed E-state index contributed by atoms with van der Waals surface area (Å²) in [5.41, 5.74) is 9.66. The van der Waals surface area contributed by atoms with Gasteiger partial charge in [0.2, 0.25) is 0 Å². The van der Waals surface area contributed by atoms with Crippen LogP contribution in [0.4, 0.5) is 5.69 Å². The van der Waals surface area contributed by atoms with Gasteiger partial charge in [-0.15, -0.1) is 0 Å². The van der Waals surface area contributed by atoms with Crippen molar-refractivity contribution >= 4 is 22.5 Å². The molecule has 1 aliphatic carbocycles. The molecule has 1 nitrogen and oxygen atoms in total. The van der Waals surface area contributed by atoms with E-state index in [0.717, 1.165) is 12.1 Å². The maximum atomic E-state index is 6.02. The summed E-state index contributed by atoms with van der Waals surface area (Å²) in [5, 5.41) is 2.42. The molecule has 16 heavy (non-hydrogen) atoms. The fourth-order valence-corrected chi connectivity index (χ4v) is 2.48. The highest BCUT2D eigenvalue weighted by atomic mass is 14.5. The fourth-order valence-electron chi connectivity index (χ4n) is 2.48. The predicted octanol–water partition coefficient (Wildman–Crippen LogP) is 3.94. The van der Waals surface area contributed by atoms with Crippen LogP contribution in [0.1, 0.15) is 30.4 Å². The zero-order valence-electron chi connectivity index (χ0n) is 9.40. The van der Waals surface area contributed by atoms with Gasteiger partial charge in [-0.05, 0) is 47.1 Å². The smallest absolute Gasteiger partial charge is 0.0393 e. The van der Waals surface area contributed by atoms with Crippen LogP contribution < -0.4 is 5.73 Å². The van der Waals surface area contributed by atoms with Crippen molar-refractivity contribution in [2.45, 2.75) is 19.3 Å². The number of nitrogen functional groups attached to an aromatic ring is 1. The minimum absolute atomic E-state index is 0.601. The second-order valence-electron chi connectivity index (χ2n) is 4.59. The summed E-state index contributed by atoms with van der Waals surface area (Å²) in [6.45, 7) is 2.27. The standard InChI is InChI=1S/C15H15N/c1-10-4-2-5-11-8-12-6-3-7-15(16)14(12)9-13(10)11/h2-3,5-10H,4,16H2,1H3. The van der Waals surface area contributed by atoms with Crippen LogP contribution in [-0.4, -0.2) is 0 Å². The number of allylic oxidation sites excluding steroid dienone is 1. The summed E-state index contributed by atoms with van der Waals surface area (Å²) in [4.78, 5) is 0. The number of hydrogen-bond donors (Lipinski definition) is 1. The molecule has 0 bridgehead atoms. The molecule has 0 aliphatic heterocycles. The predicted molar refractivity (Wildman–Crippen MR) is 70.4 cm³/mol. The molecule has 1 aliphatic rings. The number of nitrogens with two attached hydrogens (primary N) is 1. The molecule has 0 spiro atoms. The van der Waals surface area contributed by atoms with Gasteiger partial charge in [-0.25, -0.2) is 0 Å². The van der Waals surface area contributed by atoms with E-state index in [0.29, 0.717) is 5.92 Å². The van der Waals surface area contributed by atoms with E-state index in [4.69, 9.17) is 5.73 Å². The van der Waals surface area contributed by atoms with Gasteiger partial charge in [0.05, 0.1) is 0 Å². The normalized spacial score (nSPS) is 18.7. The highest BCUT2D eigenvalue weighted by Crippen LogP contribution is 2.34. The van der Waals surface area contributed by atoms with E-state index in [1.807, 2.05) is 12.1 Å². The van der Waals surface area contributed by atoms with Gasteiger partial charge in [-0.2, -0.15) is 0 Å². The molecule has 80 valence electrons. The quantitative estimate of drug-likeness (QED) is 0.653. The second-order valence-corrected chi connectivity index (χ2v) is 4.59. The SMILES string of the molecule is CC1CC=Cc2cc3cccc(N)c3cc21. The van der Waals surface area contributed by atoms with Crippen LogP contribution in [0.25, 0.3) is 16.8 Å². The first-order valence-electron chi connectivity index (χ1n) is 5.74. The van der Waals surface area contributed by atoms with Crippen LogP contribution in [0, 0.1) is 0 Å². The topological polar surface area (TPSA) is 26.0 Å². The Morgan fingerprint density at radius 1 is 1.25 bits per heavy atom. The molecule has 0 aromatic heterocycles. The Bertz CT molecular complexity index is 581. The number of fused-ring (bicyclic) bond motifs is 2. The van der Waals surface area contributed by atoms with Crippen molar-refractivity contribution in [2.75, 3.05) is 5.73 Å². The van der Waals surface area contributed by atoms with Crippen LogP contribution in [0.15, 0.2) is 36.4 Å². The number of anilines is 1. The summed E-state index contributed by atoms with van der Waals surface area (Å²) >= 11 is 0. The third-order valence-corrected chi connectivity index (χ3v) is 3.44. The Morgan fingerprint density at radius 3 is 3.00 bits per heavy atom. The summed E-state index contributed by atoms with van der Waals surface area (Å²) < 4.78 is 0. The minimum atomic E-state index is 0.601. The largest absolute Gasteiger partial charge is 0.398 e. The van der Waals surface area contributed by atoms with Gasteiger partial charge in [0, 0.05) is 11.1 Å². The molecule has 1 atom stereocenters. The van der Waals surface area contributed by atoms with Crippen LogP contribution in [0.2, 0.25) is 0 Å². The molecule has 0 saturated carbocycles. The van der Waals surface area contributed by atoms with Gasteiger partial charge < -0.3 is 5.73 Å². The van der Waals surface area contributed by atoms with E-state index in [2.05, 4.69) is 37.3 Å². The Morgan fingerprint density at radius 2 is 2.12 bits per heavy atom. The van der Waals surface area contributed by atoms with Crippen molar-refractivity contribution in [3.05, 3.63) is 47.5 Å². The van der Waals surface area contributed by atoms with Crippen molar-refractivity contribution in [3.63, 3.8) is 0 Å². The zero-order chi connectivity index (χ0) is 11.1. The first-order chi connectivity index (χ1) is 7.75. The second kappa shape index (κ2) is 3.38. The van der Waals surface area contributed by atoms with Crippen LogP contribution in [-0.2, 0) is 0 Å². The van der Waals surface area contributed by atoms with Crippen LogP contribution in [0.3, 0.4) is 0 Å². The maximum absolute atomic E-state index is 6.02. The molecule has 3 rings (SSSR count). The lowest BCUT2D eigenvalue weighted by atomic mass is 9.86. The first kappa shape index (κ1) is 9.46. The van der Waals surface area contributed by atoms with Gasteiger partial charge in [-0.3, -0.25) is 0 Å². The summed E-state index contributed by atoms with van der Waals surface area (Å²) in [5.74, 6) is 0.601. The fraction of sp³-hybridized carbons (Fsp3) is 0.200. The average Bonchev–Trinajstić information content (AvgIpc) is 2.28. The third kappa shape index (κ3) is 1.32. The molecular formula is C15H15N. The third-order valence-electron chi connectivity index (χ3n) is 3.44. The van der Waals surface area contributed by atoms with Gasteiger partial charge in [0.15, 0.2) is 0 Å². The molecule has 1 unspecified atom stereocenters. The Hall–Kier alpha value is -1.76. The number of rotatable bonds is 0. The number of benzene rings is 2. The van der Waals surface area contributed by atoms with Crippen molar-refractivity contribution in [1.82, 2.24) is 0 Å². The van der Waals surface area contributed by atoms with Crippen molar-refractivity contribution in [1.29, 1.82) is 0 Å². The Kier molecular flexibility index (Phi) is 2.00. The van der Waals surface area contributed by atoms with Crippen molar-refractivity contribution < 1.29 is 0 Å². The summed E-state index contributed by atoms with van der Waals surface area (Å²) in [7, 11) is 0. The van der Waals surface area contributed by atoms with E-state index in [-0.39, 0.29) is 0 Å². The van der Waals surface area contributed by atoms with Crippen LogP contribution >= 0.6 is 0 Å². The van der Waals surface area contributed by atoms with E-state index in [1.165, 1.54) is 21.9 Å². The van der Waals surface area contributed by atoms with Crippen molar-refractivity contribution in [2.24, 2.45) is 0 Å². The van der Waals surface area contributed by atoms with E-state index in [1.54, 1.807) is 0 Å². The number of hydrogen-bond acceptors (Lipinski definition) is 1. The summed E-state index contributed by atoms with van der Waals surface area (Å²) in [6, 6.07) is 10.6. The zero-order valence-corrected chi connectivity index (χ0v) is 9.40. The van der Waals surface area contributed by atoms with E-state index in [9.17, 15) is 0 Å². The molecule has 2 aromatic rings. The summed E-state index contributed by atoms with van der Waals surface area (Å²) in [6.07, 6.45) is 5.61. The molecule has 0 amide bonds. The molecule has 1 heteroatoms. The molecule has 2 N–H and O–H groups in total. The molecular weight excluding hydrogens is 194 g/mol. The molecule has 0 radical (unpaired) electrons. The van der Waals surface area contributed by atoms with Crippen molar-refractivity contribution in [3.8, 4) is 0 Å². The molecule has 2 aromatic carbocycles. The Labute approximate surface area is 95.6 Å². The van der Waals surface area contributed by atoms with E-state index < -0.39 is 0 Å². The maximum Gasteiger partial charge on any atom is 0.0393 e. The highest BCUT2D eigenvalue weighted by Gasteiger charge is 2.13. The minimum Gasteiger partial charge on any atom is -0.398 e. The van der Waals surface area contributed by atoms with Gasteiger partial charge in [0.1, 0.15) is 0 Å². The van der Waals surface area contributed by atoms with Gasteiger partial charge in [0.25, 0.3) is 0 Å².